The van der Waals surface area contributed by atoms with Crippen LogP contribution >= 0.6 is 0 Å². The van der Waals surface area contributed by atoms with Gasteiger partial charge in [0.05, 0.1) is 12.0 Å². The van der Waals surface area contributed by atoms with Crippen LogP contribution in [0.5, 0.6) is 0 Å². The van der Waals surface area contributed by atoms with Crippen molar-refractivity contribution in [1.29, 1.82) is 0 Å². The van der Waals surface area contributed by atoms with Crippen LogP contribution < -0.4 is 37.2 Å². The highest BCUT2D eigenvalue weighted by atomic mass is 16.4. The van der Waals surface area contributed by atoms with E-state index in [0.29, 0.717) is 31.5 Å². The molecule has 0 saturated carbocycles. The molecule has 1 aliphatic heterocycles. The number of carboxylic acid groups (broad SMARTS) is 2. The summed E-state index contributed by atoms with van der Waals surface area (Å²) in [6, 6.07) is -0.214. The van der Waals surface area contributed by atoms with Crippen molar-refractivity contribution >= 4 is 53.1 Å². The van der Waals surface area contributed by atoms with Gasteiger partial charge in [-0.2, -0.15) is 0 Å². The summed E-state index contributed by atoms with van der Waals surface area (Å²) in [6.07, 6.45) is 9.42. The van der Waals surface area contributed by atoms with Gasteiger partial charge in [0.2, 0.25) is 29.5 Å². The first-order chi connectivity index (χ1) is 28.7. The lowest BCUT2D eigenvalue weighted by molar-refractivity contribution is -0.142. The summed E-state index contributed by atoms with van der Waals surface area (Å²) < 4.78 is 0. The minimum Gasteiger partial charge on any atom is -0.481 e. The number of carbonyl (C=O) groups is 8. The number of aliphatic carboxylic acids is 2. The first kappa shape index (κ1) is 49.3. The van der Waals surface area contributed by atoms with Crippen molar-refractivity contribution < 1.29 is 48.6 Å². The lowest BCUT2D eigenvalue weighted by Gasteiger charge is -2.38. The number of anilines is 1. The summed E-state index contributed by atoms with van der Waals surface area (Å²) in [6.45, 7) is 2.42. The van der Waals surface area contributed by atoms with Crippen LogP contribution in [0.25, 0.3) is 0 Å². The fraction of sp³-hybridized carbons (Fsp3) is 0.667. The van der Waals surface area contributed by atoms with Crippen LogP contribution in [-0.2, 0) is 40.0 Å². The Bertz CT molecular complexity index is 1670. The summed E-state index contributed by atoms with van der Waals surface area (Å²) in [4.78, 5) is 105. The molecule has 0 fully saturated rings. The maximum atomic E-state index is 13.9. The minimum atomic E-state index is -1.39. The third-order valence-electron chi connectivity index (χ3n) is 10.9. The Labute approximate surface area is 352 Å². The van der Waals surface area contributed by atoms with E-state index in [1.165, 1.54) is 25.7 Å². The van der Waals surface area contributed by atoms with Gasteiger partial charge in [-0.25, -0.2) is 4.79 Å². The second-order valence-electron chi connectivity index (χ2n) is 15.8. The Balaban J connectivity index is 1.61. The number of unbranched alkanes of at least 4 members (excludes halogenated alkanes) is 6. The molecule has 18 heteroatoms. The van der Waals surface area contributed by atoms with Crippen LogP contribution in [0.1, 0.15) is 131 Å². The lowest BCUT2D eigenvalue weighted by Crippen LogP contribution is -2.56. The van der Waals surface area contributed by atoms with Crippen molar-refractivity contribution in [2.24, 2.45) is 5.73 Å². The van der Waals surface area contributed by atoms with Crippen molar-refractivity contribution in [3.63, 3.8) is 0 Å². The number of benzene rings is 1. The molecule has 3 rings (SSSR count). The number of nitrogens with two attached hydrogens (primary N) is 1. The SMILES string of the molecule is CCCCCCCCCC(=O)NCCNC[C@H](N)C(=O)N[C@H](CCN1C(=O)c2ccc(N(C)C)c3c2C(CCC3)C1=O)C(=O)NCC[C@@H](NC(=O)CCCC(=O)O)C(=O)O. The Morgan fingerprint density at radius 2 is 1.52 bits per heavy atom. The number of rotatable bonds is 29. The van der Waals surface area contributed by atoms with Gasteiger partial charge in [-0.05, 0) is 68.2 Å². The number of nitrogens with one attached hydrogen (secondary N) is 5. The lowest BCUT2D eigenvalue weighted by atomic mass is 9.76. The third kappa shape index (κ3) is 15.5. The molecule has 1 heterocycles. The third-order valence-corrected chi connectivity index (χ3v) is 10.9. The zero-order valence-electron chi connectivity index (χ0n) is 35.4. The van der Waals surface area contributed by atoms with E-state index in [1.54, 1.807) is 6.07 Å². The average molecular weight is 843 g/mol. The molecule has 0 radical (unpaired) electrons. The summed E-state index contributed by atoms with van der Waals surface area (Å²) in [5, 5.41) is 31.9. The molecule has 0 saturated heterocycles. The highest BCUT2D eigenvalue weighted by molar-refractivity contribution is 6.12. The van der Waals surface area contributed by atoms with E-state index in [-0.39, 0.29) is 63.6 Å². The van der Waals surface area contributed by atoms with Gasteiger partial charge < -0.3 is 47.4 Å². The quantitative estimate of drug-likeness (QED) is 0.0421. The maximum absolute atomic E-state index is 13.9. The van der Waals surface area contributed by atoms with E-state index < -0.39 is 59.6 Å². The van der Waals surface area contributed by atoms with Crippen molar-refractivity contribution in [2.75, 3.05) is 51.7 Å². The molecule has 1 aromatic carbocycles. The minimum absolute atomic E-state index is 0.0130. The molecule has 2 aliphatic rings. The molecule has 4 atom stereocenters. The molecule has 0 aromatic heterocycles. The topological polar surface area (TPSA) is 270 Å². The predicted molar refractivity (Wildman–Crippen MR) is 224 cm³/mol. The van der Waals surface area contributed by atoms with Crippen molar-refractivity contribution in [3.05, 3.63) is 28.8 Å². The molecule has 18 nitrogen and oxygen atoms in total. The molecule has 60 heavy (non-hydrogen) atoms. The predicted octanol–water partition coefficient (Wildman–Crippen LogP) is 1.53. The summed E-state index contributed by atoms with van der Waals surface area (Å²) >= 11 is 0. The molecule has 6 amide bonds. The van der Waals surface area contributed by atoms with Gasteiger partial charge in [0.15, 0.2) is 0 Å². The van der Waals surface area contributed by atoms with Gasteiger partial charge >= 0.3 is 11.9 Å². The van der Waals surface area contributed by atoms with Crippen LogP contribution in [0.15, 0.2) is 12.1 Å². The molecule has 9 N–H and O–H groups in total. The van der Waals surface area contributed by atoms with Gasteiger partial charge in [0.25, 0.3) is 5.91 Å². The van der Waals surface area contributed by atoms with Crippen LogP contribution in [0, 0.1) is 0 Å². The smallest absolute Gasteiger partial charge is 0.326 e. The molecule has 1 aromatic rings. The molecule has 0 spiro atoms. The Morgan fingerprint density at radius 1 is 0.817 bits per heavy atom. The van der Waals surface area contributed by atoms with Crippen molar-refractivity contribution in [2.45, 2.75) is 134 Å². The van der Waals surface area contributed by atoms with E-state index in [0.717, 1.165) is 53.8 Å². The first-order valence-corrected chi connectivity index (χ1v) is 21.4. The molecule has 1 unspecified atom stereocenters. The zero-order chi connectivity index (χ0) is 44.2. The second-order valence-corrected chi connectivity index (χ2v) is 15.8. The average Bonchev–Trinajstić information content (AvgIpc) is 3.20. The van der Waals surface area contributed by atoms with Crippen LogP contribution in [0.3, 0.4) is 0 Å². The zero-order valence-corrected chi connectivity index (χ0v) is 35.4. The van der Waals surface area contributed by atoms with Gasteiger partial charge in [-0.15, -0.1) is 0 Å². The number of hydrogen-bond donors (Lipinski definition) is 8. The van der Waals surface area contributed by atoms with Crippen LogP contribution in [0.2, 0.25) is 0 Å². The number of carbonyl (C=O) groups excluding carboxylic acids is 6. The number of nitrogens with zero attached hydrogens (tertiary/aromatic N) is 2. The van der Waals surface area contributed by atoms with Gasteiger partial charge in [0.1, 0.15) is 12.1 Å². The summed E-state index contributed by atoms with van der Waals surface area (Å²) in [5.41, 5.74) is 9.27. The number of amides is 6. The fourth-order valence-corrected chi connectivity index (χ4v) is 7.60. The standard InChI is InChI=1S/C42H66N8O10/c1-4-5-6-7-8-9-10-15-34(51)45-24-23-44-26-30(43)38(55)48-31(39(56)46-22-20-32(42(59)60)47-35(52)16-12-17-36(53)54)21-25-50-40(57)28-14-11-13-27-33(49(2)3)19-18-29(37(27)28)41(50)58/h18-19,28,30-32,44H,4-17,20-26,43H2,1-3H3,(H,45,51)(H,46,56)(H,47,52)(H,48,55)(H,53,54)(H,59,60)/t28?,30-,31+,32+/m0/s1. The van der Waals surface area contributed by atoms with Crippen molar-refractivity contribution in [1.82, 2.24) is 31.5 Å². The highest BCUT2D eigenvalue weighted by Gasteiger charge is 2.42. The second kappa shape index (κ2) is 25.5. The largest absolute Gasteiger partial charge is 0.481 e. The van der Waals surface area contributed by atoms with Gasteiger partial charge in [0, 0.05) is 77.3 Å². The normalized spacial score (nSPS) is 15.9. The summed E-state index contributed by atoms with van der Waals surface area (Å²) in [5.74, 6) is -5.99. The Morgan fingerprint density at radius 3 is 2.20 bits per heavy atom. The van der Waals surface area contributed by atoms with E-state index in [4.69, 9.17) is 10.8 Å². The Kier molecular flexibility index (Phi) is 20.9. The van der Waals surface area contributed by atoms with Gasteiger partial charge in [-0.1, -0.05) is 45.4 Å². The van der Waals surface area contributed by atoms with E-state index in [9.17, 15) is 43.5 Å². The molecular weight excluding hydrogens is 777 g/mol. The fourth-order valence-electron chi connectivity index (χ4n) is 7.60. The Hall–Kier alpha value is -5.10. The molecule has 334 valence electrons. The first-order valence-electron chi connectivity index (χ1n) is 21.4. The number of imide groups is 1. The van der Waals surface area contributed by atoms with Crippen LogP contribution in [-0.4, -0.2) is 127 Å². The van der Waals surface area contributed by atoms with Crippen LogP contribution in [0.4, 0.5) is 5.69 Å². The van der Waals surface area contributed by atoms with E-state index >= 15 is 0 Å². The molecule has 0 bridgehead atoms. The van der Waals surface area contributed by atoms with Crippen molar-refractivity contribution in [3.8, 4) is 0 Å². The monoisotopic (exact) mass is 842 g/mol. The van der Waals surface area contributed by atoms with E-state index in [2.05, 4.69) is 33.5 Å². The maximum Gasteiger partial charge on any atom is 0.326 e. The molecular formula is C42H66N8O10. The van der Waals surface area contributed by atoms with Gasteiger partial charge in [-0.3, -0.25) is 38.5 Å². The highest BCUT2D eigenvalue weighted by Crippen LogP contribution is 2.43. The van der Waals surface area contributed by atoms with E-state index in [1.807, 2.05) is 25.1 Å². The summed E-state index contributed by atoms with van der Waals surface area (Å²) in [7, 11) is 3.81. The number of hydrogen-bond acceptors (Lipinski definition) is 11. The number of carboxylic acids is 2. The molecule has 1 aliphatic carbocycles.